The van der Waals surface area contributed by atoms with E-state index in [1.54, 1.807) is 6.20 Å². The summed E-state index contributed by atoms with van der Waals surface area (Å²) in [6.07, 6.45) is 4.98. The van der Waals surface area contributed by atoms with E-state index >= 15 is 0 Å². The molecule has 1 heterocycles. The van der Waals surface area contributed by atoms with E-state index in [0.29, 0.717) is 11.9 Å². The number of nitrogens with zero attached hydrogens (tertiary/aromatic N) is 2. The second kappa shape index (κ2) is 8.58. The van der Waals surface area contributed by atoms with E-state index in [4.69, 9.17) is 0 Å². The molecular formula is C12H21BrN4S. The molecule has 0 aliphatic rings. The summed E-state index contributed by atoms with van der Waals surface area (Å²) in [5.74, 6) is 3.31. The van der Waals surface area contributed by atoms with E-state index in [9.17, 15) is 0 Å². The summed E-state index contributed by atoms with van der Waals surface area (Å²) in [6, 6.07) is 0. The quantitative estimate of drug-likeness (QED) is 0.763. The van der Waals surface area contributed by atoms with Gasteiger partial charge in [0.1, 0.15) is 5.82 Å². The number of nitrogens with one attached hydrogen (secondary N) is 2. The van der Waals surface area contributed by atoms with Crippen LogP contribution in [0, 0.1) is 5.92 Å². The molecule has 0 saturated carbocycles. The number of aromatic nitrogens is 2. The van der Waals surface area contributed by atoms with Crippen molar-refractivity contribution in [3.8, 4) is 0 Å². The van der Waals surface area contributed by atoms with Gasteiger partial charge in [0.2, 0.25) is 5.95 Å². The first-order valence-corrected chi connectivity index (χ1v) is 8.35. The van der Waals surface area contributed by atoms with Gasteiger partial charge in [0, 0.05) is 19.3 Å². The molecule has 0 aromatic carbocycles. The largest absolute Gasteiger partial charge is 0.369 e. The Morgan fingerprint density at radius 2 is 2.22 bits per heavy atom. The maximum absolute atomic E-state index is 4.45. The molecule has 0 radical (unpaired) electrons. The molecule has 102 valence electrons. The zero-order valence-electron chi connectivity index (χ0n) is 11.2. The van der Waals surface area contributed by atoms with E-state index in [0.717, 1.165) is 35.6 Å². The van der Waals surface area contributed by atoms with Crippen LogP contribution in [0.2, 0.25) is 0 Å². The molecule has 0 fully saturated rings. The number of hydrogen-bond acceptors (Lipinski definition) is 5. The fourth-order valence-corrected chi connectivity index (χ4v) is 2.45. The minimum atomic E-state index is 0.619. The van der Waals surface area contributed by atoms with E-state index in [2.05, 4.69) is 56.6 Å². The predicted molar refractivity (Wildman–Crippen MR) is 84.5 cm³/mol. The van der Waals surface area contributed by atoms with Crippen LogP contribution in [0.4, 0.5) is 11.8 Å². The maximum atomic E-state index is 4.45. The van der Waals surface area contributed by atoms with Crippen LogP contribution < -0.4 is 10.6 Å². The fraction of sp³-hybridized carbons (Fsp3) is 0.667. The van der Waals surface area contributed by atoms with Crippen molar-refractivity contribution in [1.82, 2.24) is 9.97 Å². The Kier molecular flexibility index (Phi) is 7.42. The second-order valence-corrected chi connectivity index (χ2v) is 6.02. The lowest BCUT2D eigenvalue weighted by atomic mass is 10.2. The Labute approximate surface area is 122 Å². The molecule has 0 bridgehead atoms. The smallest absolute Gasteiger partial charge is 0.224 e. The lowest BCUT2D eigenvalue weighted by Crippen LogP contribution is -2.15. The topological polar surface area (TPSA) is 49.8 Å². The molecule has 1 aromatic rings. The summed E-state index contributed by atoms with van der Waals surface area (Å²) in [5.41, 5.74) is 0. The molecule has 1 aromatic heterocycles. The Morgan fingerprint density at radius 3 is 2.89 bits per heavy atom. The molecule has 1 unspecified atom stereocenters. The molecule has 2 N–H and O–H groups in total. The van der Waals surface area contributed by atoms with E-state index in [-0.39, 0.29) is 0 Å². The van der Waals surface area contributed by atoms with Crippen molar-refractivity contribution in [2.24, 2.45) is 5.92 Å². The highest BCUT2D eigenvalue weighted by Crippen LogP contribution is 2.20. The van der Waals surface area contributed by atoms with Gasteiger partial charge in [0.25, 0.3) is 0 Å². The zero-order valence-corrected chi connectivity index (χ0v) is 13.6. The van der Waals surface area contributed by atoms with Crippen molar-refractivity contribution < 1.29 is 0 Å². The van der Waals surface area contributed by atoms with E-state index in [1.807, 2.05) is 11.8 Å². The third-order valence-corrected chi connectivity index (χ3v) is 3.83. The van der Waals surface area contributed by atoms with Gasteiger partial charge in [-0.25, -0.2) is 4.98 Å². The van der Waals surface area contributed by atoms with Gasteiger partial charge >= 0.3 is 0 Å². The average Bonchev–Trinajstić information content (AvgIpc) is 2.36. The van der Waals surface area contributed by atoms with Crippen molar-refractivity contribution in [3.63, 3.8) is 0 Å². The van der Waals surface area contributed by atoms with Gasteiger partial charge in [-0.1, -0.05) is 13.8 Å². The lowest BCUT2D eigenvalue weighted by molar-refractivity contribution is 0.699. The first-order chi connectivity index (χ1) is 8.67. The van der Waals surface area contributed by atoms with Crippen molar-refractivity contribution in [3.05, 3.63) is 10.7 Å². The van der Waals surface area contributed by atoms with Gasteiger partial charge in [0.05, 0.1) is 4.47 Å². The summed E-state index contributed by atoms with van der Waals surface area (Å²) in [5, 5.41) is 6.55. The average molecular weight is 333 g/mol. The number of thioether (sulfide) groups is 1. The van der Waals surface area contributed by atoms with Crippen molar-refractivity contribution >= 4 is 39.5 Å². The molecule has 6 heteroatoms. The predicted octanol–water partition coefficient (Wildman–Crippen LogP) is 3.47. The summed E-state index contributed by atoms with van der Waals surface area (Å²) >= 11 is 5.33. The highest BCUT2D eigenvalue weighted by molar-refractivity contribution is 9.10. The van der Waals surface area contributed by atoms with Gasteiger partial charge < -0.3 is 10.6 Å². The highest BCUT2D eigenvalue weighted by atomic mass is 79.9. The third kappa shape index (κ3) is 5.44. The molecule has 1 atom stereocenters. The minimum Gasteiger partial charge on any atom is -0.369 e. The van der Waals surface area contributed by atoms with Crippen molar-refractivity contribution in [1.29, 1.82) is 0 Å². The molecule has 4 nitrogen and oxygen atoms in total. The van der Waals surface area contributed by atoms with Crippen LogP contribution in [0.5, 0.6) is 0 Å². The van der Waals surface area contributed by atoms with Gasteiger partial charge in [-0.05, 0) is 40.3 Å². The van der Waals surface area contributed by atoms with Crippen LogP contribution in [-0.2, 0) is 0 Å². The van der Waals surface area contributed by atoms with Gasteiger partial charge in [-0.15, -0.1) is 0 Å². The molecule has 0 aliphatic carbocycles. The van der Waals surface area contributed by atoms with Gasteiger partial charge in [0.15, 0.2) is 0 Å². The standard InChI is InChI=1S/C12H21BrN4S/c1-4-5-14-12-16-7-10(13)11(17-12)15-6-9(2)8-18-3/h7,9H,4-6,8H2,1-3H3,(H2,14,15,16,17). The van der Waals surface area contributed by atoms with Crippen LogP contribution in [0.15, 0.2) is 10.7 Å². The molecule has 1 rings (SSSR count). The number of anilines is 2. The van der Waals surface area contributed by atoms with Crippen LogP contribution in [0.25, 0.3) is 0 Å². The Morgan fingerprint density at radius 1 is 1.44 bits per heavy atom. The summed E-state index contributed by atoms with van der Waals surface area (Å²) < 4.78 is 0.904. The number of rotatable bonds is 8. The molecule has 0 aliphatic heterocycles. The lowest BCUT2D eigenvalue weighted by Gasteiger charge is -2.13. The van der Waals surface area contributed by atoms with Crippen molar-refractivity contribution in [2.75, 3.05) is 35.7 Å². The summed E-state index contributed by atoms with van der Waals surface area (Å²) in [4.78, 5) is 8.68. The molecule has 18 heavy (non-hydrogen) atoms. The first kappa shape index (κ1) is 15.6. The van der Waals surface area contributed by atoms with Gasteiger partial charge in [-0.3, -0.25) is 0 Å². The monoisotopic (exact) mass is 332 g/mol. The van der Waals surface area contributed by atoms with Crippen molar-refractivity contribution in [2.45, 2.75) is 20.3 Å². The molecular weight excluding hydrogens is 312 g/mol. The normalized spacial score (nSPS) is 12.2. The molecule has 0 saturated heterocycles. The van der Waals surface area contributed by atoms with Crippen LogP contribution >= 0.6 is 27.7 Å². The number of halogens is 1. The summed E-state index contributed by atoms with van der Waals surface area (Å²) in [6.45, 7) is 6.16. The number of hydrogen-bond donors (Lipinski definition) is 2. The minimum absolute atomic E-state index is 0.619. The van der Waals surface area contributed by atoms with E-state index in [1.165, 1.54) is 0 Å². The Bertz CT molecular complexity index is 362. The Hall–Kier alpha value is -0.490. The SMILES string of the molecule is CCCNc1ncc(Br)c(NCC(C)CSC)n1. The fourth-order valence-electron chi connectivity index (χ4n) is 1.43. The summed E-state index contributed by atoms with van der Waals surface area (Å²) in [7, 11) is 0. The zero-order chi connectivity index (χ0) is 13.4. The third-order valence-electron chi connectivity index (χ3n) is 2.35. The van der Waals surface area contributed by atoms with Crippen LogP contribution in [-0.4, -0.2) is 35.1 Å². The van der Waals surface area contributed by atoms with Crippen LogP contribution in [0.3, 0.4) is 0 Å². The highest BCUT2D eigenvalue weighted by Gasteiger charge is 2.06. The van der Waals surface area contributed by atoms with Crippen LogP contribution in [0.1, 0.15) is 20.3 Å². The molecule has 0 spiro atoms. The van der Waals surface area contributed by atoms with E-state index < -0.39 is 0 Å². The second-order valence-electron chi connectivity index (χ2n) is 4.26. The Balaban J connectivity index is 2.57. The van der Waals surface area contributed by atoms with Gasteiger partial charge in [-0.2, -0.15) is 16.7 Å². The first-order valence-electron chi connectivity index (χ1n) is 6.16. The maximum Gasteiger partial charge on any atom is 0.224 e. The molecule has 0 amide bonds.